The maximum absolute atomic E-state index is 12.8. The SMILES string of the molecule is CCCc1[nH]nc2c(=O)n(C)c(-c3cc(/C=C/C#N)ccc3OCC)nc12. The van der Waals surface area contributed by atoms with E-state index < -0.39 is 0 Å². The number of ether oxygens (including phenoxy) is 1. The van der Waals surface area contributed by atoms with Crippen molar-refractivity contribution >= 4 is 17.1 Å². The fraction of sp³-hybridized carbons (Fsp3) is 0.300. The zero-order valence-electron chi connectivity index (χ0n) is 15.6. The lowest BCUT2D eigenvalue weighted by atomic mass is 10.1. The Balaban J connectivity index is 2.28. The molecule has 0 bridgehead atoms. The molecule has 2 aromatic heterocycles. The summed E-state index contributed by atoms with van der Waals surface area (Å²) in [5.74, 6) is 1.14. The first-order valence-corrected chi connectivity index (χ1v) is 8.88. The summed E-state index contributed by atoms with van der Waals surface area (Å²) < 4.78 is 7.23. The molecule has 0 spiro atoms. The lowest BCUT2D eigenvalue weighted by molar-refractivity contribution is 0.341. The van der Waals surface area contributed by atoms with Gasteiger partial charge in [-0.1, -0.05) is 19.4 Å². The molecule has 3 aromatic rings. The molecule has 27 heavy (non-hydrogen) atoms. The summed E-state index contributed by atoms with van der Waals surface area (Å²) in [7, 11) is 1.67. The molecule has 0 aliphatic heterocycles. The van der Waals surface area contributed by atoms with Gasteiger partial charge in [0.15, 0.2) is 5.52 Å². The number of aromatic nitrogens is 4. The smallest absolute Gasteiger partial charge is 0.281 e. The van der Waals surface area contributed by atoms with Crippen LogP contribution < -0.4 is 10.3 Å². The van der Waals surface area contributed by atoms with Gasteiger partial charge in [0, 0.05) is 13.1 Å². The van der Waals surface area contributed by atoms with Gasteiger partial charge in [-0.15, -0.1) is 0 Å². The summed E-state index contributed by atoms with van der Waals surface area (Å²) in [5.41, 5.74) is 3.09. The van der Waals surface area contributed by atoms with Crippen LogP contribution in [0, 0.1) is 11.3 Å². The Morgan fingerprint density at radius 2 is 2.15 bits per heavy atom. The minimum absolute atomic E-state index is 0.214. The van der Waals surface area contributed by atoms with E-state index in [0.29, 0.717) is 34.8 Å². The molecule has 0 atom stereocenters. The highest BCUT2D eigenvalue weighted by atomic mass is 16.5. The van der Waals surface area contributed by atoms with Crippen LogP contribution in [-0.2, 0) is 13.5 Å². The standard InChI is InChI=1S/C20H21N5O2/c1-4-7-15-17-18(24-23-15)20(26)25(3)19(22-17)14-12-13(8-6-11-21)9-10-16(14)27-5-2/h6,8-10,12H,4-5,7H2,1-3H3,(H,23,24)/b8-6+. The Labute approximate surface area is 156 Å². The van der Waals surface area contributed by atoms with Crippen LogP contribution in [0.1, 0.15) is 31.5 Å². The molecule has 7 nitrogen and oxygen atoms in total. The third kappa shape index (κ3) is 3.47. The second kappa shape index (κ2) is 7.87. The highest BCUT2D eigenvalue weighted by molar-refractivity contribution is 5.80. The van der Waals surface area contributed by atoms with E-state index in [1.807, 2.05) is 31.2 Å². The largest absolute Gasteiger partial charge is 0.493 e. The normalized spacial score (nSPS) is 11.2. The average Bonchev–Trinajstić information content (AvgIpc) is 3.07. The van der Waals surface area contributed by atoms with Crippen molar-refractivity contribution in [3.05, 3.63) is 45.9 Å². The molecular formula is C20H21N5O2. The summed E-state index contributed by atoms with van der Waals surface area (Å²) in [6.45, 7) is 4.45. The molecule has 3 rings (SSSR count). The summed E-state index contributed by atoms with van der Waals surface area (Å²) in [6, 6.07) is 7.54. The first kappa shape index (κ1) is 18.4. The molecule has 2 heterocycles. The zero-order valence-corrected chi connectivity index (χ0v) is 15.6. The summed E-state index contributed by atoms with van der Waals surface area (Å²) in [6.07, 6.45) is 4.79. The molecule has 138 valence electrons. The first-order valence-electron chi connectivity index (χ1n) is 8.88. The van der Waals surface area contributed by atoms with E-state index in [4.69, 9.17) is 15.0 Å². The quantitative estimate of drug-likeness (QED) is 0.678. The number of allylic oxidation sites excluding steroid dienone is 1. The van der Waals surface area contributed by atoms with Crippen molar-refractivity contribution in [3.8, 4) is 23.2 Å². The van der Waals surface area contributed by atoms with Crippen molar-refractivity contribution in [1.29, 1.82) is 5.26 Å². The van der Waals surface area contributed by atoms with E-state index in [-0.39, 0.29) is 5.56 Å². The van der Waals surface area contributed by atoms with Crippen molar-refractivity contribution in [1.82, 2.24) is 19.7 Å². The maximum atomic E-state index is 12.8. The highest BCUT2D eigenvalue weighted by Crippen LogP contribution is 2.31. The van der Waals surface area contributed by atoms with Crippen molar-refractivity contribution in [2.75, 3.05) is 6.61 Å². The van der Waals surface area contributed by atoms with Crippen LogP contribution in [0.5, 0.6) is 5.75 Å². The molecule has 0 aliphatic rings. The molecule has 1 N–H and O–H groups in total. The second-order valence-corrected chi connectivity index (χ2v) is 6.10. The third-order valence-electron chi connectivity index (χ3n) is 4.25. The topological polar surface area (TPSA) is 96.6 Å². The van der Waals surface area contributed by atoms with Crippen molar-refractivity contribution in [3.63, 3.8) is 0 Å². The van der Waals surface area contributed by atoms with Crippen LogP contribution in [0.15, 0.2) is 29.1 Å². The van der Waals surface area contributed by atoms with Crippen LogP contribution in [-0.4, -0.2) is 26.4 Å². The lowest BCUT2D eigenvalue weighted by Crippen LogP contribution is -2.20. The van der Waals surface area contributed by atoms with Gasteiger partial charge in [-0.25, -0.2) is 4.98 Å². The summed E-state index contributed by atoms with van der Waals surface area (Å²) >= 11 is 0. The predicted octanol–water partition coefficient (Wildman–Crippen LogP) is 3.21. The van der Waals surface area contributed by atoms with Gasteiger partial charge in [0.25, 0.3) is 5.56 Å². The van der Waals surface area contributed by atoms with E-state index in [1.165, 1.54) is 10.6 Å². The Kier molecular flexibility index (Phi) is 5.36. The number of benzene rings is 1. The molecular weight excluding hydrogens is 342 g/mol. The van der Waals surface area contributed by atoms with Gasteiger partial charge >= 0.3 is 0 Å². The number of aromatic amines is 1. The van der Waals surface area contributed by atoms with Crippen molar-refractivity contribution in [2.24, 2.45) is 7.05 Å². The Morgan fingerprint density at radius 1 is 1.33 bits per heavy atom. The fourth-order valence-electron chi connectivity index (χ4n) is 2.98. The van der Waals surface area contributed by atoms with Gasteiger partial charge < -0.3 is 4.74 Å². The Bertz CT molecular complexity index is 1100. The Morgan fingerprint density at radius 3 is 2.85 bits per heavy atom. The molecule has 0 fully saturated rings. The number of nitrogens with one attached hydrogen (secondary N) is 1. The number of hydrogen-bond donors (Lipinski definition) is 1. The molecule has 0 unspecified atom stereocenters. The average molecular weight is 363 g/mol. The van der Waals surface area contributed by atoms with E-state index in [2.05, 4.69) is 17.1 Å². The van der Waals surface area contributed by atoms with E-state index >= 15 is 0 Å². The molecule has 0 saturated heterocycles. The lowest BCUT2D eigenvalue weighted by Gasteiger charge is -2.13. The fourth-order valence-corrected chi connectivity index (χ4v) is 2.98. The van der Waals surface area contributed by atoms with Gasteiger partial charge in [0.05, 0.1) is 23.9 Å². The van der Waals surface area contributed by atoms with Gasteiger partial charge in [-0.3, -0.25) is 14.5 Å². The van der Waals surface area contributed by atoms with Gasteiger partial charge in [0.1, 0.15) is 17.1 Å². The molecule has 0 saturated carbocycles. The molecule has 1 aromatic carbocycles. The van der Waals surface area contributed by atoms with Crippen LogP contribution in [0.4, 0.5) is 0 Å². The van der Waals surface area contributed by atoms with Crippen LogP contribution in [0.25, 0.3) is 28.5 Å². The zero-order chi connectivity index (χ0) is 19.4. The van der Waals surface area contributed by atoms with Crippen LogP contribution >= 0.6 is 0 Å². The Hall–Kier alpha value is -3.40. The van der Waals surface area contributed by atoms with Crippen molar-refractivity contribution in [2.45, 2.75) is 26.7 Å². The second-order valence-electron chi connectivity index (χ2n) is 6.10. The van der Waals surface area contributed by atoms with Crippen LogP contribution in [0.2, 0.25) is 0 Å². The predicted molar refractivity (Wildman–Crippen MR) is 104 cm³/mol. The van der Waals surface area contributed by atoms with Gasteiger partial charge in [-0.05, 0) is 37.1 Å². The highest BCUT2D eigenvalue weighted by Gasteiger charge is 2.18. The van der Waals surface area contributed by atoms with Crippen molar-refractivity contribution < 1.29 is 4.74 Å². The summed E-state index contributed by atoms with van der Waals surface area (Å²) in [4.78, 5) is 17.6. The number of nitrogens with zero attached hydrogens (tertiary/aromatic N) is 4. The molecule has 0 aliphatic carbocycles. The molecule has 0 amide bonds. The summed E-state index contributed by atoms with van der Waals surface area (Å²) in [5, 5.41) is 15.9. The van der Waals surface area contributed by atoms with E-state index in [1.54, 1.807) is 13.1 Å². The minimum atomic E-state index is -0.214. The minimum Gasteiger partial charge on any atom is -0.493 e. The van der Waals surface area contributed by atoms with Gasteiger partial charge in [0.2, 0.25) is 0 Å². The molecule has 7 heteroatoms. The molecule has 0 radical (unpaired) electrons. The maximum Gasteiger partial charge on any atom is 0.281 e. The number of aryl methyl sites for hydroxylation is 1. The third-order valence-corrected chi connectivity index (χ3v) is 4.25. The van der Waals surface area contributed by atoms with E-state index in [0.717, 1.165) is 24.1 Å². The van der Waals surface area contributed by atoms with Crippen LogP contribution in [0.3, 0.4) is 0 Å². The monoisotopic (exact) mass is 363 g/mol. The number of fused-ring (bicyclic) bond motifs is 1. The van der Waals surface area contributed by atoms with Gasteiger partial charge in [-0.2, -0.15) is 10.4 Å². The van der Waals surface area contributed by atoms with E-state index in [9.17, 15) is 4.79 Å². The number of H-pyrrole nitrogens is 1. The number of rotatable bonds is 6. The number of nitriles is 1. The number of hydrogen-bond acceptors (Lipinski definition) is 5. The first-order chi connectivity index (χ1) is 13.1.